The van der Waals surface area contributed by atoms with Crippen molar-refractivity contribution in [2.75, 3.05) is 46.0 Å². The minimum absolute atomic E-state index is 0.0806. The van der Waals surface area contributed by atoms with Gasteiger partial charge >= 0.3 is 0 Å². The second-order valence-electron chi connectivity index (χ2n) is 7.74. The van der Waals surface area contributed by atoms with Crippen LogP contribution < -0.4 is 5.32 Å². The fourth-order valence-electron chi connectivity index (χ4n) is 4.45. The first kappa shape index (κ1) is 18.4. The van der Waals surface area contributed by atoms with E-state index in [-0.39, 0.29) is 11.5 Å². The lowest BCUT2D eigenvalue weighted by Gasteiger charge is -2.43. The highest BCUT2D eigenvalue weighted by atomic mass is 32.1. The molecule has 1 aromatic rings. The Morgan fingerprint density at radius 2 is 2.08 bits per heavy atom. The molecule has 2 fully saturated rings. The van der Waals surface area contributed by atoms with Crippen molar-refractivity contribution in [1.29, 1.82) is 0 Å². The Labute approximate surface area is 160 Å². The number of likely N-dealkylation sites (tertiary alicyclic amines) is 1. The maximum absolute atomic E-state index is 12.7. The standard InChI is InChI=1S/C20H30N2O3S/c1-2-22-8-6-20(7-9-22)16-13-18(26-17(16)5-12-25-20)19(23)21-14-15-3-10-24-11-4-15/h13,15H,2-12,14H2,1H3,(H,21,23). The molecule has 1 amide bonds. The van der Waals surface area contributed by atoms with E-state index < -0.39 is 0 Å². The van der Waals surface area contributed by atoms with E-state index in [1.807, 2.05) is 0 Å². The fraction of sp³-hybridized carbons (Fsp3) is 0.750. The fourth-order valence-corrected chi connectivity index (χ4v) is 5.60. The topological polar surface area (TPSA) is 50.8 Å². The molecule has 1 spiro atoms. The molecule has 1 aromatic heterocycles. The van der Waals surface area contributed by atoms with Gasteiger partial charge in [0.05, 0.1) is 17.1 Å². The average Bonchev–Trinajstić information content (AvgIpc) is 3.14. The van der Waals surface area contributed by atoms with Crippen molar-refractivity contribution >= 4 is 17.2 Å². The van der Waals surface area contributed by atoms with Gasteiger partial charge in [-0.2, -0.15) is 0 Å². The zero-order chi connectivity index (χ0) is 18.0. The van der Waals surface area contributed by atoms with Gasteiger partial charge < -0.3 is 19.7 Å². The highest BCUT2D eigenvalue weighted by Crippen LogP contribution is 2.44. The van der Waals surface area contributed by atoms with Crippen LogP contribution in [-0.2, 0) is 21.5 Å². The molecular formula is C20H30N2O3S. The SMILES string of the molecule is CCN1CCC2(CC1)OCCc1sc(C(=O)NCC3CCOCC3)cc12. The first-order chi connectivity index (χ1) is 12.7. The van der Waals surface area contributed by atoms with Gasteiger partial charge in [0.25, 0.3) is 5.91 Å². The molecule has 144 valence electrons. The summed E-state index contributed by atoms with van der Waals surface area (Å²) in [5.74, 6) is 0.632. The Morgan fingerprint density at radius 3 is 2.81 bits per heavy atom. The van der Waals surface area contributed by atoms with E-state index in [0.717, 1.165) is 83.0 Å². The van der Waals surface area contributed by atoms with Crippen molar-refractivity contribution in [3.8, 4) is 0 Å². The van der Waals surface area contributed by atoms with E-state index in [2.05, 4.69) is 23.2 Å². The van der Waals surface area contributed by atoms with Gasteiger partial charge in [-0.1, -0.05) is 6.92 Å². The van der Waals surface area contributed by atoms with E-state index in [1.165, 1.54) is 10.4 Å². The van der Waals surface area contributed by atoms with Crippen molar-refractivity contribution in [2.24, 2.45) is 5.92 Å². The van der Waals surface area contributed by atoms with E-state index in [9.17, 15) is 4.79 Å². The van der Waals surface area contributed by atoms with Crippen molar-refractivity contribution in [1.82, 2.24) is 10.2 Å². The van der Waals surface area contributed by atoms with Gasteiger partial charge in [-0.3, -0.25) is 4.79 Å². The molecule has 4 heterocycles. The lowest BCUT2D eigenvalue weighted by atomic mass is 9.82. The molecule has 2 saturated heterocycles. The summed E-state index contributed by atoms with van der Waals surface area (Å²) in [5, 5.41) is 3.15. The van der Waals surface area contributed by atoms with Crippen LogP contribution in [0.4, 0.5) is 0 Å². The summed E-state index contributed by atoms with van der Waals surface area (Å²) in [6.45, 7) is 8.67. The van der Waals surface area contributed by atoms with Gasteiger partial charge in [0.1, 0.15) is 0 Å². The summed E-state index contributed by atoms with van der Waals surface area (Å²) in [5.41, 5.74) is 1.13. The van der Waals surface area contributed by atoms with E-state index in [0.29, 0.717) is 5.92 Å². The van der Waals surface area contributed by atoms with Gasteiger partial charge in [-0.25, -0.2) is 0 Å². The molecule has 0 bridgehead atoms. The first-order valence-electron chi connectivity index (χ1n) is 10.1. The highest BCUT2D eigenvalue weighted by molar-refractivity contribution is 7.14. The minimum atomic E-state index is -0.158. The van der Waals surface area contributed by atoms with Crippen LogP contribution in [0.25, 0.3) is 0 Å². The molecule has 0 atom stereocenters. The first-order valence-corrected chi connectivity index (χ1v) is 10.9. The van der Waals surface area contributed by atoms with E-state index in [1.54, 1.807) is 11.3 Å². The van der Waals surface area contributed by atoms with Crippen LogP contribution in [0.1, 0.15) is 52.7 Å². The summed E-state index contributed by atoms with van der Waals surface area (Å²) in [7, 11) is 0. The van der Waals surface area contributed by atoms with Crippen LogP contribution in [0.3, 0.4) is 0 Å². The smallest absolute Gasteiger partial charge is 0.261 e. The Hall–Kier alpha value is -0.950. The molecule has 4 rings (SSSR count). The maximum Gasteiger partial charge on any atom is 0.261 e. The summed E-state index contributed by atoms with van der Waals surface area (Å²) in [6, 6.07) is 2.13. The van der Waals surface area contributed by atoms with Crippen molar-refractivity contribution in [3.05, 3.63) is 21.4 Å². The molecule has 26 heavy (non-hydrogen) atoms. The third-order valence-electron chi connectivity index (χ3n) is 6.23. The molecule has 0 unspecified atom stereocenters. The number of nitrogens with zero attached hydrogens (tertiary/aromatic N) is 1. The Bertz CT molecular complexity index is 631. The Morgan fingerprint density at radius 1 is 1.31 bits per heavy atom. The second kappa shape index (κ2) is 7.97. The molecule has 3 aliphatic heterocycles. The molecule has 5 nitrogen and oxygen atoms in total. The molecule has 0 aromatic carbocycles. The van der Waals surface area contributed by atoms with Gasteiger partial charge in [0.15, 0.2) is 0 Å². The third-order valence-corrected chi connectivity index (χ3v) is 7.43. The molecule has 1 N–H and O–H groups in total. The van der Waals surface area contributed by atoms with Gasteiger partial charge in [-0.15, -0.1) is 11.3 Å². The summed E-state index contributed by atoms with van der Waals surface area (Å²) >= 11 is 1.67. The summed E-state index contributed by atoms with van der Waals surface area (Å²) in [4.78, 5) is 17.4. The number of ether oxygens (including phenoxy) is 2. The van der Waals surface area contributed by atoms with Gasteiger partial charge in [-0.05, 0) is 49.8 Å². The van der Waals surface area contributed by atoms with E-state index >= 15 is 0 Å². The van der Waals surface area contributed by atoms with Gasteiger partial charge in [0, 0.05) is 44.1 Å². The van der Waals surface area contributed by atoms with Crippen molar-refractivity contribution in [3.63, 3.8) is 0 Å². The van der Waals surface area contributed by atoms with Gasteiger partial charge in [0.2, 0.25) is 0 Å². The molecule has 0 saturated carbocycles. The molecule has 3 aliphatic rings. The normalized spacial score (nSPS) is 23.7. The van der Waals surface area contributed by atoms with Crippen LogP contribution in [0.2, 0.25) is 0 Å². The summed E-state index contributed by atoms with van der Waals surface area (Å²) in [6.07, 6.45) is 5.10. The van der Waals surface area contributed by atoms with Crippen LogP contribution >= 0.6 is 11.3 Å². The average molecular weight is 379 g/mol. The Kier molecular flexibility index (Phi) is 5.64. The second-order valence-corrected chi connectivity index (χ2v) is 8.88. The van der Waals surface area contributed by atoms with Crippen molar-refractivity contribution < 1.29 is 14.3 Å². The minimum Gasteiger partial charge on any atom is -0.381 e. The Balaban J connectivity index is 1.44. The monoisotopic (exact) mass is 378 g/mol. The maximum atomic E-state index is 12.7. The number of rotatable bonds is 4. The predicted molar refractivity (Wildman–Crippen MR) is 103 cm³/mol. The van der Waals surface area contributed by atoms with Crippen LogP contribution in [0, 0.1) is 5.92 Å². The number of thiophene rings is 1. The molecule has 6 heteroatoms. The number of hydrogen-bond donors (Lipinski definition) is 1. The predicted octanol–water partition coefficient (Wildman–Crippen LogP) is 2.79. The molecule has 0 aliphatic carbocycles. The lowest BCUT2D eigenvalue weighted by molar-refractivity contribution is -0.0964. The number of carbonyl (C=O) groups excluding carboxylic acids is 1. The zero-order valence-corrected chi connectivity index (χ0v) is 16.5. The number of piperidine rings is 1. The number of carbonyl (C=O) groups is 1. The largest absolute Gasteiger partial charge is 0.381 e. The number of hydrogen-bond acceptors (Lipinski definition) is 5. The lowest BCUT2D eigenvalue weighted by Crippen LogP contribution is -2.46. The van der Waals surface area contributed by atoms with Crippen LogP contribution in [0.5, 0.6) is 0 Å². The number of fused-ring (bicyclic) bond motifs is 2. The molecule has 0 radical (unpaired) electrons. The van der Waals surface area contributed by atoms with Crippen LogP contribution in [-0.4, -0.2) is 56.8 Å². The third kappa shape index (κ3) is 3.70. The zero-order valence-electron chi connectivity index (χ0n) is 15.7. The number of nitrogens with one attached hydrogen (secondary N) is 1. The van der Waals surface area contributed by atoms with E-state index in [4.69, 9.17) is 9.47 Å². The van der Waals surface area contributed by atoms with Crippen molar-refractivity contribution in [2.45, 2.75) is 44.6 Å². The number of amides is 1. The highest BCUT2D eigenvalue weighted by Gasteiger charge is 2.42. The summed E-state index contributed by atoms with van der Waals surface area (Å²) < 4.78 is 11.7. The molecular weight excluding hydrogens is 348 g/mol. The quantitative estimate of drug-likeness (QED) is 0.875. The van der Waals surface area contributed by atoms with Crippen LogP contribution in [0.15, 0.2) is 6.07 Å².